The molecule has 0 aliphatic heterocycles. The van der Waals surface area contributed by atoms with Crippen molar-refractivity contribution in [1.82, 2.24) is 0 Å². The minimum absolute atomic E-state index is 0.668. The van der Waals surface area contributed by atoms with Gasteiger partial charge in [0.1, 0.15) is 5.75 Å². The van der Waals surface area contributed by atoms with Crippen LogP contribution in [0.25, 0.3) is 11.1 Å². The number of nitrogens with two attached hydrogens (primary N) is 1. The fourth-order valence-corrected chi connectivity index (χ4v) is 1.74. The summed E-state index contributed by atoms with van der Waals surface area (Å²) in [6.45, 7) is 2.08. The minimum Gasteiger partial charge on any atom is -0.495 e. The number of ether oxygens (including phenoxy) is 1. The highest BCUT2D eigenvalue weighted by Gasteiger charge is 2.02. The monoisotopic (exact) mass is 213 g/mol. The second-order valence-corrected chi connectivity index (χ2v) is 3.83. The first-order chi connectivity index (χ1) is 7.70. The van der Waals surface area contributed by atoms with Gasteiger partial charge in [0, 0.05) is 0 Å². The molecule has 2 aromatic carbocycles. The number of nitrogen functional groups attached to an aromatic ring is 1. The lowest BCUT2D eigenvalue weighted by molar-refractivity contribution is 0.417. The summed E-state index contributed by atoms with van der Waals surface area (Å²) < 4.78 is 5.13. The average molecular weight is 213 g/mol. The van der Waals surface area contributed by atoms with Crippen molar-refractivity contribution in [2.24, 2.45) is 0 Å². The molecule has 2 heteroatoms. The zero-order valence-corrected chi connectivity index (χ0v) is 9.53. The number of methoxy groups -OCH3 is 1. The van der Waals surface area contributed by atoms with Gasteiger partial charge in [-0.25, -0.2) is 0 Å². The second-order valence-electron chi connectivity index (χ2n) is 3.83. The zero-order valence-electron chi connectivity index (χ0n) is 9.53. The molecule has 16 heavy (non-hydrogen) atoms. The number of hydrogen-bond acceptors (Lipinski definition) is 2. The van der Waals surface area contributed by atoms with Crippen LogP contribution in [-0.4, -0.2) is 7.11 Å². The van der Waals surface area contributed by atoms with Gasteiger partial charge in [-0.1, -0.05) is 35.9 Å². The maximum absolute atomic E-state index is 5.88. The summed E-state index contributed by atoms with van der Waals surface area (Å²) in [7, 11) is 1.62. The van der Waals surface area contributed by atoms with E-state index in [0.717, 1.165) is 11.3 Å². The molecule has 0 saturated carbocycles. The standard InChI is InChI=1S/C14H15NO/c1-10-4-3-5-11(8-10)12-6-7-14(16-2)13(15)9-12/h3-9H,15H2,1-2H3. The quantitative estimate of drug-likeness (QED) is 0.777. The van der Waals surface area contributed by atoms with Crippen LogP contribution in [0.5, 0.6) is 5.75 Å². The summed E-state index contributed by atoms with van der Waals surface area (Å²) in [5.41, 5.74) is 10.1. The van der Waals surface area contributed by atoms with Gasteiger partial charge >= 0.3 is 0 Å². The Hall–Kier alpha value is -1.96. The Balaban J connectivity index is 2.45. The lowest BCUT2D eigenvalue weighted by atomic mass is 10.0. The van der Waals surface area contributed by atoms with Crippen LogP contribution in [-0.2, 0) is 0 Å². The predicted molar refractivity (Wildman–Crippen MR) is 67.6 cm³/mol. The molecule has 2 aromatic rings. The Morgan fingerprint density at radius 2 is 1.75 bits per heavy atom. The molecule has 82 valence electrons. The summed E-state index contributed by atoms with van der Waals surface area (Å²) >= 11 is 0. The molecule has 2 rings (SSSR count). The van der Waals surface area contributed by atoms with Gasteiger partial charge in [-0.15, -0.1) is 0 Å². The van der Waals surface area contributed by atoms with Crippen LogP contribution in [0.15, 0.2) is 42.5 Å². The normalized spacial score (nSPS) is 10.1. The summed E-state index contributed by atoms with van der Waals surface area (Å²) in [6, 6.07) is 14.2. The molecular formula is C14H15NO. The number of aryl methyl sites for hydroxylation is 1. The molecule has 0 saturated heterocycles. The first kappa shape index (κ1) is 10.6. The molecule has 0 radical (unpaired) electrons. The van der Waals surface area contributed by atoms with Crippen molar-refractivity contribution in [3.63, 3.8) is 0 Å². The topological polar surface area (TPSA) is 35.2 Å². The molecule has 0 unspecified atom stereocenters. The fraction of sp³-hybridized carbons (Fsp3) is 0.143. The van der Waals surface area contributed by atoms with E-state index in [9.17, 15) is 0 Å². The van der Waals surface area contributed by atoms with Crippen LogP contribution in [0.3, 0.4) is 0 Å². The van der Waals surface area contributed by atoms with E-state index in [1.54, 1.807) is 7.11 Å². The van der Waals surface area contributed by atoms with Gasteiger partial charge in [-0.3, -0.25) is 0 Å². The SMILES string of the molecule is COc1ccc(-c2cccc(C)c2)cc1N. The molecule has 0 heterocycles. The van der Waals surface area contributed by atoms with E-state index in [2.05, 4.69) is 25.1 Å². The van der Waals surface area contributed by atoms with Crippen molar-refractivity contribution < 1.29 is 4.74 Å². The van der Waals surface area contributed by atoms with Crippen LogP contribution < -0.4 is 10.5 Å². The van der Waals surface area contributed by atoms with Crippen LogP contribution in [0, 0.1) is 6.92 Å². The van der Waals surface area contributed by atoms with Crippen LogP contribution in [0.1, 0.15) is 5.56 Å². The second kappa shape index (κ2) is 4.27. The van der Waals surface area contributed by atoms with Crippen LogP contribution in [0.4, 0.5) is 5.69 Å². The molecule has 0 aromatic heterocycles. The number of rotatable bonds is 2. The summed E-state index contributed by atoms with van der Waals surface area (Å²) in [5.74, 6) is 0.719. The Kier molecular flexibility index (Phi) is 2.82. The van der Waals surface area contributed by atoms with Crippen LogP contribution >= 0.6 is 0 Å². The smallest absolute Gasteiger partial charge is 0.141 e. The lowest BCUT2D eigenvalue weighted by Crippen LogP contribution is -1.92. The highest BCUT2D eigenvalue weighted by molar-refractivity contribution is 5.71. The van der Waals surface area contributed by atoms with Gasteiger partial charge in [0.15, 0.2) is 0 Å². The first-order valence-corrected chi connectivity index (χ1v) is 5.21. The van der Waals surface area contributed by atoms with Crippen molar-refractivity contribution in [1.29, 1.82) is 0 Å². The van der Waals surface area contributed by atoms with Gasteiger partial charge in [0.05, 0.1) is 12.8 Å². The third-order valence-corrected chi connectivity index (χ3v) is 2.58. The molecule has 2 nitrogen and oxygen atoms in total. The fourth-order valence-electron chi connectivity index (χ4n) is 1.74. The van der Waals surface area contributed by atoms with E-state index in [1.807, 2.05) is 24.3 Å². The number of anilines is 1. The highest BCUT2D eigenvalue weighted by atomic mass is 16.5. The molecule has 0 fully saturated rings. The highest BCUT2D eigenvalue weighted by Crippen LogP contribution is 2.28. The third kappa shape index (κ3) is 2.01. The van der Waals surface area contributed by atoms with Gasteiger partial charge in [0.25, 0.3) is 0 Å². The van der Waals surface area contributed by atoms with Crippen molar-refractivity contribution >= 4 is 5.69 Å². The maximum atomic E-state index is 5.88. The molecule has 0 aliphatic carbocycles. The molecule has 0 atom stereocenters. The van der Waals surface area contributed by atoms with E-state index in [4.69, 9.17) is 10.5 Å². The molecule has 2 N–H and O–H groups in total. The molecule has 0 spiro atoms. The van der Waals surface area contributed by atoms with Crippen molar-refractivity contribution in [2.75, 3.05) is 12.8 Å². The molecule has 0 aliphatic rings. The zero-order chi connectivity index (χ0) is 11.5. The van der Waals surface area contributed by atoms with Gasteiger partial charge in [-0.05, 0) is 30.2 Å². The van der Waals surface area contributed by atoms with E-state index < -0.39 is 0 Å². The Bertz CT molecular complexity index is 506. The van der Waals surface area contributed by atoms with Gasteiger partial charge in [-0.2, -0.15) is 0 Å². The van der Waals surface area contributed by atoms with Gasteiger partial charge in [0.2, 0.25) is 0 Å². The summed E-state index contributed by atoms with van der Waals surface area (Å²) in [5, 5.41) is 0. The summed E-state index contributed by atoms with van der Waals surface area (Å²) in [4.78, 5) is 0. The van der Waals surface area contributed by atoms with Crippen LogP contribution in [0.2, 0.25) is 0 Å². The summed E-state index contributed by atoms with van der Waals surface area (Å²) in [6.07, 6.45) is 0. The predicted octanol–water partition coefficient (Wildman–Crippen LogP) is 3.25. The first-order valence-electron chi connectivity index (χ1n) is 5.21. The van der Waals surface area contributed by atoms with E-state index >= 15 is 0 Å². The molecular weight excluding hydrogens is 198 g/mol. The largest absolute Gasteiger partial charge is 0.495 e. The van der Waals surface area contributed by atoms with Crippen molar-refractivity contribution in [3.8, 4) is 16.9 Å². The Labute approximate surface area is 95.7 Å². The molecule has 0 bridgehead atoms. The van der Waals surface area contributed by atoms with Crippen molar-refractivity contribution in [3.05, 3.63) is 48.0 Å². The Morgan fingerprint density at radius 3 is 2.38 bits per heavy atom. The minimum atomic E-state index is 0.668. The van der Waals surface area contributed by atoms with Gasteiger partial charge < -0.3 is 10.5 Å². The van der Waals surface area contributed by atoms with E-state index in [0.29, 0.717) is 5.69 Å². The number of hydrogen-bond donors (Lipinski definition) is 1. The van der Waals surface area contributed by atoms with Crippen molar-refractivity contribution in [2.45, 2.75) is 6.92 Å². The van der Waals surface area contributed by atoms with E-state index in [-0.39, 0.29) is 0 Å². The molecule has 0 amide bonds. The average Bonchev–Trinajstić information content (AvgIpc) is 2.29. The third-order valence-electron chi connectivity index (χ3n) is 2.58. The maximum Gasteiger partial charge on any atom is 0.141 e. The lowest BCUT2D eigenvalue weighted by Gasteiger charge is -2.07. The Morgan fingerprint density at radius 1 is 1.00 bits per heavy atom. The van der Waals surface area contributed by atoms with E-state index in [1.165, 1.54) is 11.1 Å². The number of benzene rings is 2.